The van der Waals surface area contributed by atoms with Crippen LogP contribution >= 0.6 is 0 Å². The second-order valence-corrected chi connectivity index (χ2v) is 6.10. The molecule has 0 amide bonds. The van der Waals surface area contributed by atoms with E-state index >= 15 is 0 Å². The molecule has 0 aliphatic carbocycles. The molecule has 0 aromatic heterocycles. The molecule has 7 heteroatoms. The van der Waals surface area contributed by atoms with Gasteiger partial charge in [-0.25, -0.2) is 0 Å². The first kappa shape index (κ1) is 11.2. The molecule has 37 valence electrons. The molecule has 0 aliphatic heterocycles. The Balaban J connectivity index is 0. The third-order valence-electron chi connectivity index (χ3n) is 0. The molecule has 0 spiro atoms. The van der Waals surface area contributed by atoms with Gasteiger partial charge in [-0.2, -0.15) is 0 Å². The van der Waals surface area contributed by atoms with Crippen molar-refractivity contribution in [3.8, 4) is 0 Å². The van der Waals surface area contributed by atoms with Gasteiger partial charge in [0.2, 0.25) is 0 Å². The van der Waals surface area contributed by atoms with E-state index in [1.54, 1.807) is 0 Å². The maximum atomic E-state index is 8.67. The SMILES string of the molecule is [KH].[O]=[Ta](=[O])(=[O])(=[O])=[O]. The van der Waals surface area contributed by atoms with Gasteiger partial charge in [0.25, 0.3) is 0 Å². The fourth-order valence-electron chi connectivity index (χ4n) is 0. The Morgan fingerprint density at radius 3 is 0.714 bits per heavy atom. The number of hydrogen-bond donors (Lipinski definition) is 0. The third-order valence-corrected chi connectivity index (χ3v) is 0. The van der Waals surface area contributed by atoms with E-state index in [4.69, 9.17) is 16.3 Å². The first-order chi connectivity index (χ1) is 2.24. The van der Waals surface area contributed by atoms with Crippen molar-refractivity contribution < 1.29 is 31.9 Å². The normalized spacial score (nSPS) is 8.57. The molecule has 0 heterocycles. The fourth-order valence-corrected chi connectivity index (χ4v) is 0. The summed E-state index contributed by atoms with van der Waals surface area (Å²) < 4.78 is 43.4. The monoisotopic (exact) mass is 301 g/mol. The second-order valence-electron chi connectivity index (χ2n) is 0.745. The molecular weight excluding hydrogens is 300 g/mol. The summed E-state index contributed by atoms with van der Waals surface area (Å²) in [5.41, 5.74) is 0. The second kappa shape index (κ2) is 2.32. The summed E-state index contributed by atoms with van der Waals surface area (Å²) >= 11 is -8.05. The van der Waals surface area contributed by atoms with Gasteiger partial charge in [-0.3, -0.25) is 0 Å². The summed E-state index contributed by atoms with van der Waals surface area (Å²) in [5, 5.41) is 0. The minimum atomic E-state index is -8.05. The van der Waals surface area contributed by atoms with Crippen LogP contribution in [0.15, 0.2) is 0 Å². The Bertz CT molecular complexity index is 278. The van der Waals surface area contributed by atoms with Crippen LogP contribution in [0, 0.1) is 0 Å². The zero-order valence-electron chi connectivity index (χ0n) is 2.49. The molecule has 7 heavy (non-hydrogen) atoms. The predicted octanol–water partition coefficient (Wildman–Crippen LogP) is -1.25. The third kappa shape index (κ3) is 113. The van der Waals surface area contributed by atoms with E-state index < -0.39 is 15.7 Å². The maximum absolute atomic E-state index is 8.67. The van der Waals surface area contributed by atoms with Crippen molar-refractivity contribution in [1.82, 2.24) is 0 Å². The molecule has 0 saturated heterocycles. The van der Waals surface area contributed by atoms with Gasteiger partial charge in [0.1, 0.15) is 0 Å². The van der Waals surface area contributed by atoms with E-state index in [0.717, 1.165) is 0 Å². The van der Waals surface area contributed by atoms with Crippen LogP contribution in [0.5, 0.6) is 0 Å². The molecule has 0 N–H and O–H groups in total. The van der Waals surface area contributed by atoms with E-state index in [0.29, 0.717) is 0 Å². The van der Waals surface area contributed by atoms with E-state index in [2.05, 4.69) is 0 Å². The van der Waals surface area contributed by atoms with Gasteiger partial charge in [-0.15, -0.1) is 0 Å². The van der Waals surface area contributed by atoms with Gasteiger partial charge in [-0.05, 0) is 0 Å². The van der Waals surface area contributed by atoms with Crippen LogP contribution in [0.25, 0.3) is 0 Å². The Kier molecular flexibility index (Phi) is 3.71. The van der Waals surface area contributed by atoms with Gasteiger partial charge in [0, 0.05) is 0 Å². The zero-order valence-corrected chi connectivity index (χ0v) is 5.70. The standard InChI is InChI=1S/K.5O.Ta.H. The zero-order chi connectivity index (χ0) is 5.45. The summed E-state index contributed by atoms with van der Waals surface area (Å²) in [6.07, 6.45) is 0. The molecule has 0 aromatic carbocycles. The van der Waals surface area contributed by atoms with Gasteiger partial charge < -0.3 is 0 Å². The topological polar surface area (TPSA) is 85.3 Å². The molecule has 0 aliphatic rings. The van der Waals surface area contributed by atoms with Gasteiger partial charge in [-0.1, -0.05) is 0 Å². The molecule has 0 saturated carbocycles. The molecule has 0 fully saturated rings. The predicted molar refractivity (Wildman–Crippen MR) is 10.6 cm³/mol. The molecular formula is HKO5Ta. The molecule has 0 radical (unpaired) electrons. The first-order valence-corrected chi connectivity index (χ1v) is 7.47. The van der Waals surface area contributed by atoms with E-state index in [9.17, 15) is 0 Å². The average Bonchev–Trinajstić information content (AvgIpc) is 0.650. The Hall–Kier alpha value is 1.38. The van der Waals surface area contributed by atoms with Crippen LogP contribution < -0.4 is 0 Å². The summed E-state index contributed by atoms with van der Waals surface area (Å²) in [6.45, 7) is 0. The van der Waals surface area contributed by atoms with Crippen LogP contribution in [-0.2, 0) is 31.9 Å². The number of rotatable bonds is 0. The van der Waals surface area contributed by atoms with E-state index in [-0.39, 0.29) is 51.4 Å². The van der Waals surface area contributed by atoms with Crippen molar-refractivity contribution in [3.05, 3.63) is 0 Å². The van der Waals surface area contributed by atoms with Crippen molar-refractivity contribution in [2.45, 2.75) is 0 Å². The minimum absolute atomic E-state index is 0. The Morgan fingerprint density at radius 2 is 0.714 bits per heavy atom. The van der Waals surface area contributed by atoms with Crippen molar-refractivity contribution in [3.63, 3.8) is 0 Å². The van der Waals surface area contributed by atoms with Gasteiger partial charge >= 0.3 is 83.3 Å². The van der Waals surface area contributed by atoms with Crippen molar-refractivity contribution in [1.29, 1.82) is 0 Å². The number of hydrogen-bond acceptors (Lipinski definition) is 5. The summed E-state index contributed by atoms with van der Waals surface area (Å²) in [6, 6.07) is 0. The summed E-state index contributed by atoms with van der Waals surface area (Å²) in [4.78, 5) is 0. The Labute approximate surface area is 81.5 Å². The van der Waals surface area contributed by atoms with Crippen LogP contribution in [0.4, 0.5) is 0 Å². The van der Waals surface area contributed by atoms with Crippen LogP contribution in [0.3, 0.4) is 0 Å². The first-order valence-electron chi connectivity index (χ1n) is 0.913. The average molecular weight is 301 g/mol. The molecule has 0 bridgehead atoms. The van der Waals surface area contributed by atoms with Gasteiger partial charge in [0.15, 0.2) is 0 Å². The Morgan fingerprint density at radius 1 is 0.714 bits per heavy atom. The van der Waals surface area contributed by atoms with Crippen LogP contribution in [-0.4, -0.2) is 51.4 Å². The van der Waals surface area contributed by atoms with Crippen molar-refractivity contribution >= 4 is 51.4 Å². The van der Waals surface area contributed by atoms with Crippen LogP contribution in [0.1, 0.15) is 0 Å². The molecule has 5 nitrogen and oxygen atoms in total. The molecule has 0 unspecified atom stereocenters. The quantitative estimate of drug-likeness (QED) is 0.522. The van der Waals surface area contributed by atoms with E-state index in [1.807, 2.05) is 0 Å². The molecule has 0 aromatic rings. The van der Waals surface area contributed by atoms with Crippen LogP contribution in [0.2, 0.25) is 0 Å². The molecule has 0 rings (SSSR count). The molecule has 0 atom stereocenters. The van der Waals surface area contributed by atoms with Crippen molar-refractivity contribution in [2.24, 2.45) is 0 Å². The van der Waals surface area contributed by atoms with Gasteiger partial charge in [0.05, 0.1) is 0 Å². The van der Waals surface area contributed by atoms with E-state index in [1.165, 1.54) is 0 Å². The fraction of sp³-hybridized carbons (Fsp3) is 0. The summed E-state index contributed by atoms with van der Waals surface area (Å²) in [7, 11) is 0. The summed E-state index contributed by atoms with van der Waals surface area (Å²) in [5.74, 6) is 0. The van der Waals surface area contributed by atoms with Crippen molar-refractivity contribution in [2.75, 3.05) is 0 Å².